The fourth-order valence-electron chi connectivity index (χ4n) is 1.42. The Bertz CT molecular complexity index is 627. The lowest BCUT2D eigenvalue weighted by atomic mass is 10.3. The van der Waals surface area contributed by atoms with Gasteiger partial charge in [0, 0.05) is 22.3 Å². The molecule has 98 valence electrons. The van der Waals surface area contributed by atoms with E-state index in [-0.39, 0.29) is 12.1 Å². The van der Waals surface area contributed by atoms with Crippen LogP contribution in [0.5, 0.6) is 0 Å². The van der Waals surface area contributed by atoms with Gasteiger partial charge in [0.25, 0.3) is 5.69 Å². The van der Waals surface area contributed by atoms with Crippen LogP contribution in [0.15, 0.2) is 39.4 Å². The molecule has 0 atom stereocenters. The SMILES string of the molecule is O=CCc1cc([N+](=O)[O-])c(Sc2ccccc2Cl)s1. The Morgan fingerprint density at radius 1 is 1.42 bits per heavy atom. The molecule has 0 radical (unpaired) electrons. The van der Waals surface area contributed by atoms with Crippen LogP contribution in [0, 0.1) is 10.1 Å². The molecule has 0 aliphatic rings. The van der Waals surface area contributed by atoms with Crippen molar-refractivity contribution in [2.75, 3.05) is 0 Å². The first kappa shape index (κ1) is 14.0. The van der Waals surface area contributed by atoms with Crippen molar-refractivity contribution in [2.45, 2.75) is 15.5 Å². The van der Waals surface area contributed by atoms with Gasteiger partial charge in [0.05, 0.1) is 9.95 Å². The van der Waals surface area contributed by atoms with Gasteiger partial charge >= 0.3 is 0 Å². The number of hydrogen-bond acceptors (Lipinski definition) is 5. The number of thiophene rings is 1. The number of nitrogens with zero attached hydrogens (tertiary/aromatic N) is 1. The molecular formula is C12H8ClNO3S2. The van der Waals surface area contributed by atoms with Gasteiger partial charge in [0.2, 0.25) is 0 Å². The van der Waals surface area contributed by atoms with Gasteiger partial charge in [-0.25, -0.2) is 0 Å². The number of carbonyl (C=O) groups is 1. The van der Waals surface area contributed by atoms with Crippen LogP contribution < -0.4 is 0 Å². The van der Waals surface area contributed by atoms with Gasteiger partial charge < -0.3 is 4.79 Å². The number of rotatable bonds is 5. The highest BCUT2D eigenvalue weighted by Crippen LogP contribution is 2.43. The summed E-state index contributed by atoms with van der Waals surface area (Å²) in [6.07, 6.45) is 0.925. The maximum atomic E-state index is 11.0. The molecule has 1 aromatic heterocycles. The lowest BCUT2D eigenvalue weighted by Crippen LogP contribution is -1.86. The summed E-state index contributed by atoms with van der Waals surface area (Å²) in [5.41, 5.74) is 0.0202. The Balaban J connectivity index is 2.36. The highest BCUT2D eigenvalue weighted by molar-refractivity contribution is 8.01. The molecule has 2 rings (SSSR count). The predicted octanol–water partition coefficient (Wildman–Crippen LogP) is 4.20. The van der Waals surface area contributed by atoms with Crippen LogP contribution in [0.1, 0.15) is 4.88 Å². The first-order valence-corrected chi connectivity index (χ1v) is 7.26. The van der Waals surface area contributed by atoms with Crippen LogP contribution in [-0.4, -0.2) is 11.2 Å². The number of carbonyl (C=O) groups excluding carboxylic acids is 1. The fourth-order valence-corrected chi connectivity index (χ4v) is 3.98. The molecule has 1 heterocycles. The summed E-state index contributed by atoms with van der Waals surface area (Å²) in [7, 11) is 0. The summed E-state index contributed by atoms with van der Waals surface area (Å²) in [5, 5.41) is 11.5. The zero-order chi connectivity index (χ0) is 13.8. The zero-order valence-electron chi connectivity index (χ0n) is 9.54. The van der Waals surface area contributed by atoms with Crippen LogP contribution in [0.3, 0.4) is 0 Å². The smallest absolute Gasteiger partial charge is 0.294 e. The summed E-state index contributed by atoms with van der Waals surface area (Å²) in [4.78, 5) is 22.5. The quantitative estimate of drug-likeness (QED) is 0.471. The molecule has 7 heteroatoms. The topological polar surface area (TPSA) is 60.2 Å². The van der Waals surface area contributed by atoms with Gasteiger partial charge in [-0.05, 0) is 12.1 Å². The third kappa shape index (κ3) is 3.34. The van der Waals surface area contributed by atoms with Crippen LogP contribution in [0.25, 0.3) is 0 Å². The summed E-state index contributed by atoms with van der Waals surface area (Å²) in [5.74, 6) is 0. The van der Waals surface area contributed by atoms with Crippen molar-refractivity contribution in [3.05, 3.63) is 50.3 Å². The van der Waals surface area contributed by atoms with Gasteiger partial charge in [0.15, 0.2) is 0 Å². The number of hydrogen-bond donors (Lipinski definition) is 0. The van der Waals surface area contributed by atoms with Crippen molar-refractivity contribution >= 4 is 46.7 Å². The molecular weight excluding hydrogens is 306 g/mol. The van der Waals surface area contributed by atoms with Crippen LogP contribution in [0.2, 0.25) is 5.02 Å². The van der Waals surface area contributed by atoms with E-state index in [1.807, 2.05) is 6.07 Å². The third-order valence-corrected chi connectivity index (χ3v) is 5.10. The Kier molecular flexibility index (Phi) is 4.57. The molecule has 4 nitrogen and oxygen atoms in total. The summed E-state index contributed by atoms with van der Waals surface area (Å²) >= 11 is 8.52. The first-order chi connectivity index (χ1) is 9.11. The van der Waals surface area contributed by atoms with E-state index in [0.717, 1.165) is 11.2 Å². The van der Waals surface area contributed by atoms with E-state index in [1.54, 1.807) is 18.2 Å². The standard InChI is InChI=1S/C12H8ClNO3S2/c13-9-3-1-2-4-11(9)19-12-10(14(16)17)7-8(18-12)5-6-15/h1-4,6-7H,5H2. The maximum absolute atomic E-state index is 11.0. The van der Waals surface area contributed by atoms with Crippen molar-refractivity contribution in [3.8, 4) is 0 Å². The average molecular weight is 314 g/mol. The highest BCUT2D eigenvalue weighted by atomic mass is 35.5. The van der Waals surface area contributed by atoms with Crippen molar-refractivity contribution in [1.29, 1.82) is 0 Å². The molecule has 0 saturated carbocycles. The lowest BCUT2D eigenvalue weighted by molar-refractivity contribution is -0.387. The van der Waals surface area contributed by atoms with Crippen LogP contribution in [-0.2, 0) is 11.2 Å². The van der Waals surface area contributed by atoms with Crippen molar-refractivity contribution in [2.24, 2.45) is 0 Å². The molecule has 0 aliphatic carbocycles. The molecule has 2 aromatic rings. The molecule has 0 bridgehead atoms. The fraction of sp³-hybridized carbons (Fsp3) is 0.0833. The minimum atomic E-state index is -0.440. The summed E-state index contributed by atoms with van der Waals surface area (Å²) in [6, 6.07) is 8.59. The van der Waals surface area contributed by atoms with Crippen molar-refractivity contribution in [3.63, 3.8) is 0 Å². The molecule has 0 fully saturated rings. The monoisotopic (exact) mass is 313 g/mol. The number of halogens is 1. The molecule has 0 amide bonds. The molecule has 19 heavy (non-hydrogen) atoms. The van der Waals surface area contributed by atoms with Crippen molar-refractivity contribution < 1.29 is 9.72 Å². The second-order valence-corrected chi connectivity index (χ2v) is 6.40. The van der Waals surface area contributed by atoms with Gasteiger partial charge in [-0.15, -0.1) is 11.3 Å². The van der Waals surface area contributed by atoms with E-state index in [0.29, 0.717) is 14.1 Å². The van der Waals surface area contributed by atoms with Gasteiger partial charge in [0.1, 0.15) is 10.5 Å². The molecule has 0 spiro atoms. The van der Waals surface area contributed by atoms with Gasteiger partial charge in [-0.3, -0.25) is 10.1 Å². The molecule has 0 saturated heterocycles. The molecule has 1 aromatic carbocycles. The second kappa shape index (κ2) is 6.18. The minimum Gasteiger partial charge on any atom is -0.303 e. The highest BCUT2D eigenvalue weighted by Gasteiger charge is 2.20. The van der Waals surface area contributed by atoms with E-state index in [1.165, 1.54) is 29.2 Å². The van der Waals surface area contributed by atoms with E-state index in [9.17, 15) is 14.9 Å². The average Bonchev–Trinajstić information content (AvgIpc) is 2.76. The maximum Gasteiger partial charge on any atom is 0.294 e. The Morgan fingerprint density at radius 3 is 2.79 bits per heavy atom. The van der Waals surface area contributed by atoms with Gasteiger partial charge in [-0.2, -0.15) is 0 Å². The van der Waals surface area contributed by atoms with Crippen molar-refractivity contribution in [1.82, 2.24) is 0 Å². The molecule has 0 unspecified atom stereocenters. The molecule has 0 N–H and O–H groups in total. The largest absolute Gasteiger partial charge is 0.303 e. The second-order valence-electron chi connectivity index (χ2n) is 3.55. The Morgan fingerprint density at radius 2 is 2.16 bits per heavy atom. The normalized spacial score (nSPS) is 10.4. The van der Waals surface area contributed by atoms with Crippen LogP contribution >= 0.6 is 34.7 Å². The molecule has 0 aliphatic heterocycles. The number of aldehydes is 1. The third-order valence-electron chi connectivity index (χ3n) is 2.25. The Labute approximate surface area is 122 Å². The predicted molar refractivity (Wildman–Crippen MR) is 76.3 cm³/mol. The van der Waals surface area contributed by atoms with E-state index < -0.39 is 4.92 Å². The summed E-state index contributed by atoms with van der Waals surface area (Å²) in [6.45, 7) is 0. The number of nitro groups is 1. The van der Waals surface area contributed by atoms with Crippen LogP contribution in [0.4, 0.5) is 5.69 Å². The van der Waals surface area contributed by atoms with Gasteiger partial charge in [-0.1, -0.05) is 35.5 Å². The Hall–Kier alpha value is -1.37. The van der Waals surface area contributed by atoms with E-state index in [2.05, 4.69) is 0 Å². The minimum absolute atomic E-state index is 0.0202. The first-order valence-electron chi connectivity index (χ1n) is 5.25. The zero-order valence-corrected chi connectivity index (χ0v) is 11.9. The number of benzene rings is 1. The summed E-state index contributed by atoms with van der Waals surface area (Å²) < 4.78 is 0.537. The van der Waals surface area contributed by atoms with E-state index >= 15 is 0 Å². The van der Waals surface area contributed by atoms with E-state index in [4.69, 9.17) is 11.6 Å². The lowest BCUT2D eigenvalue weighted by Gasteiger charge is -2.00.